The number of nitrogens with two attached hydrogens (primary N) is 1. The van der Waals surface area contributed by atoms with Gasteiger partial charge < -0.3 is 21.1 Å². The third kappa shape index (κ3) is 3.32. The van der Waals surface area contributed by atoms with Gasteiger partial charge in [0.05, 0.1) is 11.0 Å². The highest BCUT2D eigenvalue weighted by Crippen LogP contribution is 2.19. The van der Waals surface area contributed by atoms with Crippen molar-refractivity contribution in [1.82, 2.24) is 9.97 Å². The van der Waals surface area contributed by atoms with Crippen molar-refractivity contribution in [3.63, 3.8) is 0 Å². The molecule has 0 aliphatic carbocycles. The number of hydrazone groups is 1. The molecular weight excluding hydrogens is 338 g/mol. The van der Waals surface area contributed by atoms with Crippen molar-refractivity contribution in [1.29, 1.82) is 0 Å². The summed E-state index contributed by atoms with van der Waals surface area (Å²) in [5.74, 6) is 5.41. The van der Waals surface area contributed by atoms with Gasteiger partial charge >= 0.3 is 0 Å². The number of H-pyrrole nitrogens is 1. The van der Waals surface area contributed by atoms with Gasteiger partial charge in [0, 0.05) is 12.1 Å². The van der Waals surface area contributed by atoms with Crippen molar-refractivity contribution in [3.8, 4) is 0 Å². The molecule has 2 aromatic carbocycles. The monoisotopic (exact) mass is 355 g/mol. The summed E-state index contributed by atoms with van der Waals surface area (Å²) in [6.45, 7) is 1.91. The number of nitrogens with zero attached hydrogens (tertiary/aromatic N) is 2. The van der Waals surface area contributed by atoms with Crippen molar-refractivity contribution < 1.29 is 15.5 Å². The minimum atomic E-state index is -1.23. The topological polar surface area (TPSA) is 152 Å². The molecule has 0 saturated carbocycles. The number of aromatic amines is 1. The molecule has 134 valence electrons. The molecule has 1 aromatic heterocycles. The first kappa shape index (κ1) is 17.7. The maximum absolute atomic E-state index is 12.4. The zero-order chi connectivity index (χ0) is 18.8. The van der Waals surface area contributed by atoms with E-state index in [-0.39, 0.29) is 22.6 Å². The fourth-order valence-corrected chi connectivity index (χ4v) is 2.56. The van der Waals surface area contributed by atoms with Crippen LogP contribution in [0.25, 0.3) is 11.0 Å². The lowest BCUT2D eigenvalue weighted by Crippen LogP contribution is -2.99. The molecule has 6 N–H and O–H groups in total. The van der Waals surface area contributed by atoms with E-state index in [0.717, 1.165) is 5.56 Å². The summed E-state index contributed by atoms with van der Waals surface area (Å²) in [7, 11) is 0. The fourth-order valence-electron chi connectivity index (χ4n) is 2.56. The summed E-state index contributed by atoms with van der Waals surface area (Å²) in [5.41, 5.74) is 1.33. The average molecular weight is 355 g/mol. The van der Waals surface area contributed by atoms with Gasteiger partial charge in [-0.3, -0.25) is 4.79 Å². The molecule has 0 bridgehead atoms. The molecule has 0 aliphatic rings. The highest BCUT2D eigenvalue weighted by molar-refractivity contribution is 6.03. The van der Waals surface area contributed by atoms with Crippen LogP contribution in [0.3, 0.4) is 0 Å². The van der Waals surface area contributed by atoms with Crippen LogP contribution in [0.4, 0.5) is 5.69 Å². The number of nitrogens with one attached hydrogen (secondary N) is 2. The number of hydrogen-bond acceptors (Lipinski definition) is 7. The molecule has 2 atom stereocenters. The van der Waals surface area contributed by atoms with Gasteiger partial charge in [0.1, 0.15) is 11.8 Å². The Balaban J connectivity index is 2.07. The van der Waals surface area contributed by atoms with E-state index in [2.05, 4.69) is 15.1 Å². The maximum atomic E-state index is 12.4. The van der Waals surface area contributed by atoms with Crippen LogP contribution in [-0.4, -0.2) is 26.0 Å². The minimum absolute atomic E-state index is 0.0232. The number of fused-ring (bicyclic) bond motifs is 1. The summed E-state index contributed by atoms with van der Waals surface area (Å²) >= 11 is 0. The van der Waals surface area contributed by atoms with Crippen LogP contribution in [0.5, 0.6) is 0 Å². The third-order valence-electron chi connectivity index (χ3n) is 3.97. The van der Waals surface area contributed by atoms with Crippen LogP contribution in [0.2, 0.25) is 0 Å². The number of benzene rings is 2. The highest BCUT2D eigenvalue weighted by Gasteiger charge is 2.22. The molecule has 9 heteroatoms. The van der Waals surface area contributed by atoms with Gasteiger partial charge in [-0.25, -0.2) is 10.2 Å². The molecule has 0 saturated heterocycles. The van der Waals surface area contributed by atoms with Crippen molar-refractivity contribution >= 4 is 22.4 Å². The second-order valence-corrected chi connectivity index (χ2v) is 5.78. The van der Waals surface area contributed by atoms with Crippen LogP contribution >= 0.6 is 0 Å². The van der Waals surface area contributed by atoms with E-state index in [1.807, 2.05) is 19.1 Å². The maximum Gasteiger partial charge on any atom is 0.276 e. The molecule has 9 nitrogen and oxygen atoms in total. The third-order valence-corrected chi connectivity index (χ3v) is 3.97. The average Bonchev–Trinajstić information content (AvgIpc) is 2.62. The largest absolute Gasteiger partial charge is 0.595 e. The van der Waals surface area contributed by atoms with Crippen LogP contribution in [0.15, 0.2) is 52.4 Å². The Hall–Kier alpha value is -3.11. The van der Waals surface area contributed by atoms with Crippen molar-refractivity contribution in [2.45, 2.75) is 13.0 Å². The van der Waals surface area contributed by atoms with E-state index in [9.17, 15) is 15.1 Å². The number of aliphatic hydroxyl groups is 1. The number of aryl methyl sites for hydroxylation is 1. The minimum Gasteiger partial charge on any atom is -0.595 e. The summed E-state index contributed by atoms with van der Waals surface area (Å²) in [6, 6.07) is 11.2. The first-order valence-corrected chi connectivity index (χ1v) is 7.71. The zero-order valence-corrected chi connectivity index (χ0v) is 13.8. The van der Waals surface area contributed by atoms with Crippen LogP contribution < -0.4 is 16.6 Å². The fraction of sp³-hybridized carbons (Fsp3) is 0.118. The molecule has 0 radical (unpaired) electrons. The molecule has 2 unspecified atom stereocenters. The predicted octanol–water partition coefficient (Wildman–Crippen LogP) is 0.0313. The van der Waals surface area contributed by atoms with E-state index < -0.39 is 16.9 Å². The Morgan fingerprint density at radius 3 is 2.62 bits per heavy atom. The van der Waals surface area contributed by atoms with E-state index in [1.165, 1.54) is 18.2 Å². The molecule has 0 fully saturated rings. The summed E-state index contributed by atoms with van der Waals surface area (Å²) in [5, 5.41) is 33.1. The van der Waals surface area contributed by atoms with E-state index in [4.69, 9.17) is 11.0 Å². The first-order valence-electron chi connectivity index (χ1n) is 7.71. The molecule has 26 heavy (non-hydrogen) atoms. The molecule has 3 rings (SSSR count). The Morgan fingerprint density at radius 1 is 1.31 bits per heavy atom. The normalized spacial score (nSPS) is 14.4. The van der Waals surface area contributed by atoms with Crippen LogP contribution in [-0.2, 0) is 0 Å². The smallest absolute Gasteiger partial charge is 0.276 e. The van der Waals surface area contributed by atoms with Crippen molar-refractivity contribution in [2.24, 2.45) is 10.9 Å². The van der Waals surface area contributed by atoms with Crippen LogP contribution in [0, 0.1) is 12.1 Å². The Kier molecular flexibility index (Phi) is 4.78. The van der Waals surface area contributed by atoms with E-state index in [1.54, 1.807) is 12.1 Å². The Morgan fingerprint density at radius 2 is 2.00 bits per heavy atom. The van der Waals surface area contributed by atoms with Gasteiger partial charge in [-0.2, -0.15) is 10.3 Å². The lowest BCUT2D eigenvalue weighted by molar-refractivity contribution is -0.991. The number of rotatable bonds is 4. The second-order valence-electron chi connectivity index (χ2n) is 5.78. The van der Waals surface area contributed by atoms with E-state index >= 15 is 0 Å². The number of aliphatic hydroxyl groups excluding tert-OH is 1. The van der Waals surface area contributed by atoms with Crippen molar-refractivity contribution in [2.75, 3.05) is 0 Å². The summed E-state index contributed by atoms with van der Waals surface area (Å²) in [6.07, 6.45) is -1.23. The van der Waals surface area contributed by atoms with Gasteiger partial charge in [-0.1, -0.05) is 29.8 Å². The van der Waals surface area contributed by atoms with Gasteiger partial charge in [0.15, 0.2) is 11.4 Å². The van der Waals surface area contributed by atoms with Gasteiger partial charge in [-0.15, -0.1) is 0 Å². The molecule has 0 amide bonds. The molecule has 0 aliphatic heterocycles. The predicted molar refractivity (Wildman–Crippen MR) is 95.0 cm³/mol. The summed E-state index contributed by atoms with van der Waals surface area (Å²) < 4.78 is 0. The number of quaternary nitrogens is 1. The highest BCUT2D eigenvalue weighted by atomic mass is 16.8. The lowest BCUT2D eigenvalue weighted by Gasteiger charge is -2.14. The lowest BCUT2D eigenvalue weighted by atomic mass is 10.0. The van der Waals surface area contributed by atoms with Crippen LogP contribution in [0.1, 0.15) is 22.9 Å². The number of hydrogen-bond donors (Lipinski definition) is 5. The molecule has 0 spiro atoms. The Labute approximate surface area is 147 Å². The second kappa shape index (κ2) is 7.02. The van der Waals surface area contributed by atoms with Crippen molar-refractivity contribution in [3.05, 3.63) is 74.8 Å². The SMILES string of the molecule is Cc1ccc(C(O)/C(=N\N)c2nc3ccc([NH+]([O-])O)cc3[nH]c2=O)cc1. The zero-order valence-electron chi connectivity index (χ0n) is 13.8. The quantitative estimate of drug-likeness (QED) is 0.253. The number of aromatic nitrogens is 2. The Bertz CT molecular complexity index is 1030. The van der Waals surface area contributed by atoms with Gasteiger partial charge in [0.25, 0.3) is 5.56 Å². The molecular formula is C17H17N5O4. The molecule has 1 heterocycles. The van der Waals surface area contributed by atoms with Gasteiger partial charge in [-0.05, 0) is 18.6 Å². The summed E-state index contributed by atoms with van der Waals surface area (Å²) in [4.78, 5) is 19.1. The standard InChI is InChI=1S/C17H17N5O4/c1-9-2-4-10(5-3-9)16(23)14(21-18)15-17(24)20-13-8-11(22(25)26)6-7-12(13)19-15/h2-8,16,22-23,25H,18H2,1H3,(H,20,24)/b21-14-. The first-order chi connectivity index (χ1) is 12.4. The van der Waals surface area contributed by atoms with Gasteiger partial charge in [0.2, 0.25) is 0 Å². The molecule has 3 aromatic rings. The van der Waals surface area contributed by atoms with E-state index in [0.29, 0.717) is 11.1 Å².